The molecule has 3 aromatic rings. The van der Waals surface area contributed by atoms with Crippen LogP contribution in [0.15, 0.2) is 70.0 Å². The Labute approximate surface area is 206 Å². The second kappa shape index (κ2) is 10.6. The number of aliphatic imine (C=N–C) groups is 2. The Hall–Kier alpha value is -2.27. The van der Waals surface area contributed by atoms with Crippen LogP contribution in [-0.2, 0) is 6.42 Å². The van der Waals surface area contributed by atoms with Crippen LogP contribution in [0.4, 0.5) is 17.1 Å². The molecular weight excluding hydrogens is 533 g/mol. The third-order valence-corrected chi connectivity index (χ3v) is 6.46. The van der Waals surface area contributed by atoms with E-state index in [1.165, 1.54) is 16.2 Å². The molecule has 0 saturated carbocycles. The molecular formula is C24H27IN5OS+. The maximum Gasteiger partial charge on any atom is 0.211 e. The van der Waals surface area contributed by atoms with E-state index >= 15 is 0 Å². The van der Waals surface area contributed by atoms with Gasteiger partial charge in [0, 0.05) is 12.6 Å². The summed E-state index contributed by atoms with van der Waals surface area (Å²) in [5.74, 6) is 2.55. The number of quaternary nitrogens is 1. The van der Waals surface area contributed by atoms with Crippen molar-refractivity contribution in [2.45, 2.75) is 6.42 Å². The molecule has 0 fully saturated rings. The molecule has 1 aliphatic rings. The first-order chi connectivity index (χ1) is 15.5. The normalized spacial score (nSPS) is 15.7. The SMILES string of the molecule is CN(C)CC[NH+]1C(Cc2ccc(OCI)cc2)=Nc2cc(N=C(N)c3cccs3)ccc21. The number of rotatable bonds is 9. The quantitative estimate of drug-likeness (QED) is 0.181. The Bertz CT molecular complexity index is 1110. The minimum atomic E-state index is 0.535. The number of nitrogens with one attached hydrogen (secondary N) is 1. The van der Waals surface area contributed by atoms with Gasteiger partial charge in [0.25, 0.3) is 0 Å². The minimum Gasteiger partial charge on any atom is -0.483 e. The molecule has 1 unspecified atom stereocenters. The van der Waals surface area contributed by atoms with Crippen molar-refractivity contribution in [3.63, 3.8) is 0 Å². The standard InChI is InChI=1S/C24H26IN5OS/c1-29(2)11-12-30-21-10-7-18(27-24(26)22-4-3-13-32-22)15-20(21)28-23(30)14-17-5-8-19(9-6-17)31-16-25/h3-10,13,15H,11-12,14,16H2,1-2H3,(H2,26,27)/p+1. The fourth-order valence-corrected chi connectivity index (χ4v) is 4.63. The Morgan fingerprint density at radius 2 is 2.00 bits per heavy atom. The first-order valence-corrected chi connectivity index (χ1v) is 12.8. The van der Waals surface area contributed by atoms with Gasteiger partial charge in [-0.05, 0) is 78.0 Å². The number of alkyl halides is 1. The summed E-state index contributed by atoms with van der Waals surface area (Å²) in [5, 5.41) is 2.00. The zero-order chi connectivity index (χ0) is 22.5. The molecule has 32 heavy (non-hydrogen) atoms. The van der Waals surface area contributed by atoms with Gasteiger partial charge in [0.05, 0.1) is 17.0 Å². The summed E-state index contributed by atoms with van der Waals surface area (Å²) >= 11 is 3.79. The Kier molecular flexibility index (Phi) is 7.56. The summed E-state index contributed by atoms with van der Waals surface area (Å²) < 4.78 is 6.21. The molecule has 1 atom stereocenters. The summed E-state index contributed by atoms with van der Waals surface area (Å²) in [6.45, 7) is 1.93. The number of ether oxygens (including phenoxy) is 1. The van der Waals surface area contributed by atoms with Gasteiger partial charge >= 0.3 is 0 Å². The van der Waals surface area contributed by atoms with Crippen LogP contribution < -0.4 is 15.4 Å². The molecule has 1 aromatic heterocycles. The van der Waals surface area contributed by atoms with E-state index in [1.54, 1.807) is 11.3 Å². The van der Waals surface area contributed by atoms with Crippen LogP contribution in [-0.4, -0.2) is 48.4 Å². The molecule has 2 aromatic carbocycles. The predicted molar refractivity (Wildman–Crippen MR) is 142 cm³/mol. The van der Waals surface area contributed by atoms with E-state index in [4.69, 9.17) is 15.5 Å². The van der Waals surface area contributed by atoms with Crippen molar-refractivity contribution in [3.8, 4) is 5.75 Å². The van der Waals surface area contributed by atoms with Gasteiger partial charge in [-0.1, -0.05) is 18.2 Å². The van der Waals surface area contributed by atoms with Gasteiger partial charge in [0.2, 0.25) is 5.84 Å². The lowest BCUT2D eigenvalue weighted by atomic mass is 10.1. The second-order valence-corrected chi connectivity index (χ2v) is 9.41. The third-order valence-electron chi connectivity index (χ3n) is 5.26. The van der Waals surface area contributed by atoms with Crippen LogP contribution in [0.5, 0.6) is 5.75 Å². The topological polar surface area (TPSA) is 67.6 Å². The van der Waals surface area contributed by atoms with Crippen molar-refractivity contribution < 1.29 is 9.64 Å². The maximum absolute atomic E-state index is 6.19. The Morgan fingerprint density at radius 1 is 1.19 bits per heavy atom. The maximum atomic E-state index is 6.19. The largest absolute Gasteiger partial charge is 0.483 e. The number of hydrogen-bond donors (Lipinski definition) is 2. The van der Waals surface area contributed by atoms with Crippen LogP contribution in [0.1, 0.15) is 10.4 Å². The minimum absolute atomic E-state index is 0.535. The molecule has 0 bridgehead atoms. The molecule has 4 rings (SSSR count). The van der Waals surface area contributed by atoms with Crippen molar-refractivity contribution in [1.29, 1.82) is 0 Å². The number of nitrogens with zero attached hydrogens (tertiary/aromatic N) is 3. The molecule has 0 saturated heterocycles. The van der Waals surface area contributed by atoms with Gasteiger partial charge in [0.15, 0.2) is 5.69 Å². The Morgan fingerprint density at radius 3 is 2.69 bits per heavy atom. The number of benzene rings is 2. The number of fused-ring (bicyclic) bond motifs is 1. The van der Waals surface area contributed by atoms with Gasteiger partial charge in [-0.25, -0.2) is 4.99 Å². The van der Waals surface area contributed by atoms with Gasteiger partial charge < -0.3 is 15.4 Å². The van der Waals surface area contributed by atoms with Gasteiger partial charge in [-0.15, -0.1) is 11.3 Å². The average Bonchev–Trinajstić information content (AvgIpc) is 3.42. The summed E-state index contributed by atoms with van der Waals surface area (Å²) in [5.41, 5.74) is 10.4. The Balaban J connectivity index is 1.59. The highest BCUT2D eigenvalue weighted by Gasteiger charge is 2.30. The van der Waals surface area contributed by atoms with E-state index in [2.05, 4.69) is 64.8 Å². The summed E-state index contributed by atoms with van der Waals surface area (Å²) in [6.07, 6.45) is 0.790. The van der Waals surface area contributed by atoms with Crippen molar-refractivity contribution in [1.82, 2.24) is 4.90 Å². The van der Waals surface area contributed by atoms with E-state index in [0.29, 0.717) is 10.4 Å². The van der Waals surface area contributed by atoms with Crippen LogP contribution in [0.3, 0.4) is 0 Å². The molecule has 0 aliphatic carbocycles. The number of amidine groups is 2. The van der Waals surface area contributed by atoms with E-state index in [-0.39, 0.29) is 0 Å². The van der Waals surface area contributed by atoms with Crippen molar-refractivity contribution in [2.75, 3.05) is 31.8 Å². The molecule has 2 heterocycles. The zero-order valence-corrected chi connectivity index (χ0v) is 21.2. The lowest BCUT2D eigenvalue weighted by Crippen LogP contribution is -3.10. The van der Waals surface area contributed by atoms with Crippen molar-refractivity contribution >= 4 is 62.7 Å². The molecule has 0 amide bonds. The van der Waals surface area contributed by atoms with E-state index in [9.17, 15) is 0 Å². The smallest absolute Gasteiger partial charge is 0.211 e. The zero-order valence-electron chi connectivity index (χ0n) is 18.2. The lowest BCUT2D eigenvalue weighted by Gasteiger charge is -2.18. The van der Waals surface area contributed by atoms with Crippen molar-refractivity contribution in [2.24, 2.45) is 15.7 Å². The van der Waals surface area contributed by atoms with Crippen molar-refractivity contribution in [3.05, 3.63) is 70.4 Å². The predicted octanol–water partition coefficient (Wildman–Crippen LogP) is 3.92. The number of halogens is 1. The summed E-state index contributed by atoms with van der Waals surface area (Å²) in [6, 6.07) is 18.5. The van der Waals surface area contributed by atoms with Gasteiger partial charge in [0.1, 0.15) is 28.4 Å². The average molecular weight is 560 g/mol. The van der Waals surface area contributed by atoms with E-state index < -0.39 is 0 Å². The number of hydrogen-bond acceptors (Lipinski definition) is 5. The number of likely N-dealkylation sites (N-methyl/N-ethyl adjacent to an activating group) is 1. The summed E-state index contributed by atoms with van der Waals surface area (Å²) in [7, 11) is 4.20. The lowest BCUT2D eigenvalue weighted by molar-refractivity contribution is -0.729. The molecule has 1 aliphatic heterocycles. The van der Waals surface area contributed by atoms with Crippen LogP contribution >= 0.6 is 33.9 Å². The molecule has 0 spiro atoms. The van der Waals surface area contributed by atoms with E-state index in [0.717, 1.165) is 47.3 Å². The third kappa shape index (κ3) is 5.55. The highest BCUT2D eigenvalue weighted by molar-refractivity contribution is 14.1. The van der Waals surface area contributed by atoms with Gasteiger partial charge in [-0.2, -0.15) is 4.99 Å². The number of nitrogens with two attached hydrogens (primary N) is 1. The monoisotopic (exact) mass is 560 g/mol. The first-order valence-electron chi connectivity index (χ1n) is 10.4. The molecule has 8 heteroatoms. The summed E-state index contributed by atoms with van der Waals surface area (Å²) in [4.78, 5) is 14.1. The molecule has 166 valence electrons. The molecule has 6 nitrogen and oxygen atoms in total. The molecule has 0 radical (unpaired) electrons. The van der Waals surface area contributed by atoms with Crippen LogP contribution in [0.2, 0.25) is 0 Å². The fourth-order valence-electron chi connectivity index (χ4n) is 3.64. The van der Waals surface area contributed by atoms with Crippen LogP contribution in [0, 0.1) is 0 Å². The highest BCUT2D eigenvalue weighted by atomic mass is 127. The van der Waals surface area contributed by atoms with Gasteiger partial charge in [-0.3, -0.25) is 4.90 Å². The number of thiophene rings is 1. The highest BCUT2D eigenvalue weighted by Crippen LogP contribution is 2.31. The van der Waals surface area contributed by atoms with E-state index in [1.807, 2.05) is 41.8 Å². The first kappa shape index (κ1) is 22.9. The fraction of sp³-hybridized carbons (Fsp3) is 0.250. The molecule has 3 N–H and O–H groups in total. The second-order valence-electron chi connectivity index (χ2n) is 7.84. The van der Waals surface area contributed by atoms with Crippen LogP contribution in [0.25, 0.3) is 0 Å².